The molecule has 0 radical (unpaired) electrons. The van der Waals surface area contributed by atoms with E-state index in [1.807, 2.05) is 55.5 Å². The lowest BCUT2D eigenvalue weighted by molar-refractivity contribution is -0.136. The number of hydrogen-bond acceptors (Lipinski definition) is 3. The molecule has 0 aliphatic rings. The zero-order valence-electron chi connectivity index (χ0n) is 13.6. The van der Waals surface area contributed by atoms with Gasteiger partial charge in [0.1, 0.15) is 5.25 Å². The van der Waals surface area contributed by atoms with Crippen LogP contribution in [0.4, 0.5) is 0 Å². The minimum absolute atomic E-state index is 0.434. The van der Waals surface area contributed by atoms with E-state index in [2.05, 4.69) is 0 Å². The second-order valence-corrected chi connectivity index (χ2v) is 7.25. The van der Waals surface area contributed by atoms with Crippen LogP contribution in [0.3, 0.4) is 0 Å². The highest BCUT2D eigenvalue weighted by molar-refractivity contribution is 8.00. The predicted molar refractivity (Wildman–Crippen MR) is 99.1 cm³/mol. The Balaban J connectivity index is 1.72. The lowest BCUT2D eigenvalue weighted by Crippen LogP contribution is -2.18. The number of benzene rings is 2. The first kappa shape index (κ1) is 18.8. The average Bonchev–Trinajstić information content (AvgIpc) is 2.57. The molecule has 0 heterocycles. The quantitative estimate of drug-likeness (QED) is 0.510. The largest absolute Gasteiger partial charge is 0.480 e. The fourth-order valence-electron chi connectivity index (χ4n) is 2.15. The Kier molecular flexibility index (Phi) is 7.63. The Morgan fingerprint density at radius 1 is 1.12 bits per heavy atom. The Labute approximate surface area is 152 Å². The third-order valence-electron chi connectivity index (χ3n) is 3.55. The third kappa shape index (κ3) is 6.56. The van der Waals surface area contributed by atoms with Crippen LogP contribution in [0.15, 0.2) is 53.4 Å². The maximum atomic E-state index is 11.4. The van der Waals surface area contributed by atoms with Crippen LogP contribution < -0.4 is 0 Å². The third-order valence-corrected chi connectivity index (χ3v) is 5.07. The Morgan fingerprint density at radius 3 is 2.42 bits per heavy atom. The molecule has 2 aromatic rings. The SMILES string of the molecule is Cc1ccc(SC(CCOCCc2ccc(Cl)cc2)C(=O)O)cc1. The summed E-state index contributed by atoms with van der Waals surface area (Å²) in [5, 5.41) is 9.58. The van der Waals surface area contributed by atoms with Gasteiger partial charge in [0.15, 0.2) is 0 Å². The molecule has 5 heteroatoms. The summed E-state index contributed by atoms with van der Waals surface area (Å²) < 4.78 is 5.60. The van der Waals surface area contributed by atoms with Crippen molar-refractivity contribution in [3.63, 3.8) is 0 Å². The van der Waals surface area contributed by atoms with Gasteiger partial charge in [0, 0.05) is 16.5 Å². The Hall–Kier alpha value is -1.49. The van der Waals surface area contributed by atoms with Crippen molar-refractivity contribution in [2.75, 3.05) is 13.2 Å². The zero-order chi connectivity index (χ0) is 17.4. The smallest absolute Gasteiger partial charge is 0.317 e. The summed E-state index contributed by atoms with van der Waals surface area (Å²) in [4.78, 5) is 12.4. The van der Waals surface area contributed by atoms with Crippen LogP contribution in [0.2, 0.25) is 5.02 Å². The van der Waals surface area contributed by atoms with E-state index in [1.54, 1.807) is 0 Å². The lowest BCUT2D eigenvalue weighted by atomic mass is 10.2. The van der Waals surface area contributed by atoms with Gasteiger partial charge in [0.2, 0.25) is 0 Å². The van der Waals surface area contributed by atoms with Crippen LogP contribution in [-0.4, -0.2) is 29.5 Å². The van der Waals surface area contributed by atoms with Gasteiger partial charge in [-0.05, 0) is 49.6 Å². The van der Waals surface area contributed by atoms with Crippen molar-refractivity contribution in [2.24, 2.45) is 0 Å². The minimum Gasteiger partial charge on any atom is -0.480 e. The number of thioether (sulfide) groups is 1. The van der Waals surface area contributed by atoms with E-state index < -0.39 is 11.2 Å². The molecule has 0 saturated heterocycles. The van der Waals surface area contributed by atoms with E-state index in [4.69, 9.17) is 16.3 Å². The van der Waals surface area contributed by atoms with E-state index in [0.717, 1.165) is 27.5 Å². The fourth-order valence-corrected chi connectivity index (χ4v) is 3.21. The molecule has 0 aliphatic carbocycles. The van der Waals surface area contributed by atoms with Gasteiger partial charge in [0.25, 0.3) is 0 Å². The van der Waals surface area contributed by atoms with Gasteiger partial charge >= 0.3 is 5.97 Å². The van der Waals surface area contributed by atoms with Crippen molar-refractivity contribution in [3.05, 3.63) is 64.7 Å². The summed E-state index contributed by atoms with van der Waals surface area (Å²) in [6.45, 7) is 3.02. The number of aliphatic carboxylic acids is 1. The molecule has 0 amide bonds. The average molecular weight is 365 g/mol. The van der Waals surface area contributed by atoms with Gasteiger partial charge in [-0.2, -0.15) is 0 Å². The van der Waals surface area contributed by atoms with Crippen molar-refractivity contribution in [2.45, 2.75) is 29.9 Å². The van der Waals surface area contributed by atoms with Crippen LogP contribution >= 0.6 is 23.4 Å². The van der Waals surface area contributed by atoms with Gasteiger partial charge in [-0.15, -0.1) is 11.8 Å². The molecule has 128 valence electrons. The van der Waals surface area contributed by atoms with Crippen molar-refractivity contribution in [1.29, 1.82) is 0 Å². The molecule has 0 saturated carbocycles. The number of carbonyl (C=O) groups is 1. The highest BCUT2D eigenvalue weighted by atomic mass is 35.5. The van der Waals surface area contributed by atoms with E-state index in [1.165, 1.54) is 11.8 Å². The Bertz CT molecular complexity index is 641. The summed E-state index contributed by atoms with van der Waals surface area (Å²) in [6.07, 6.45) is 1.27. The number of rotatable bonds is 9. The van der Waals surface area contributed by atoms with E-state index in [0.29, 0.717) is 19.6 Å². The fraction of sp³-hybridized carbons (Fsp3) is 0.316. The number of ether oxygens (including phenoxy) is 1. The summed E-state index contributed by atoms with van der Waals surface area (Å²) in [6, 6.07) is 15.5. The summed E-state index contributed by atoms with van der Waals surface area (Å²) >= 11 is 7.21. The number of aryl methyl sites for hydroxylation is 1. The second kappa shape index (κ2) is 9.72. The first-order valence-electron chi connectivity index (χ1n) is 7.83. The summed E-state index contributed by atoms with van der Waals surface area (Å²) in [5.74, 6) is -0.804. The molecule has 24 heavy (non-hydrogen) atoms. The molecule has 0 aromatic heterocycles. The number of halogens is 1. The molecular weight excluding hydrogens is 344 g/mol. The van der Waals surface area contributed by atoms with Crippen LogP contribution in [0.5, 0.6) is 0 Å². The summed E-state index contributed by atoms with van der Waals surface area (Å²) in [7, 11) is 0. The standard InChI is InChI=1S/C19H21ClO3S/c1-14-2-8-17(9-3-14)24-18(19(21)22)11-13-23-12-10-15-4-6-16(20)7-5-15/h2-9,18H,10-13H2,1H3,(H,21,22). The molecule has 0 fully saturated rings. The first-order valence-corrected chi connectivity index (χ1v) is 9.08. The van der Waals surface area contributed by atoms with Gasteiger partial charge in [-0.25, -0.2) is 0 Å². The summed E-state index contributed by atoms with van der Waals surface area (Å²) in [5.41, 5.74) is 2.32. The maximum absolute atomic E-state index is 11.4. The zero-order valence-corrected chi connectivity index (χ0v) is 15.1. The predicted octanol–water partition coefficient (Wildman–Crippen LogP) is 4.84. The second-order valence-electron chi connectivity index (χ2n) is 5.54. The van der Waals surface area contributed by atoms with Crippen molar-refractivity contribution in [3.8, 4) is 0 Å². The molecule has 2 rings (SSSR count). The molecule has 1 N–H and O–H groups in total. The van der Waals surface area contributed by atoms with Crippen LogP contribution in [-0.2, 0) is 16.0 Å². The number of hydrogen-bond donors (Lipinski definition) is 1. The van der Waals surface area contributed by atoms with Crippen molar-refractivity contribution in [1.82, 2.24) is 0 Å². The molecule has 2 aromatic carbocycles. The van der Waals surface area contributed by atoms with Gasteiger partial charge in [-0.3, -0.25) is 4.79 Å². The van der Waals surface area contributed by atoms with Crippen LogP contribution in [0, 0.1) is 6.92 Å². The molecular formula is C19H21ClO3S. The normalized spacial score (nSPS) is 12.1. The molecule has 0 bridgehead atoms. The number of carboxylic acid groups (broad SMARTS) is 1. The van der Waals surface area contributed by atoms with E-state index >= 15 is 0 Å². The monoisotopic (exact) mass is 364 g/mol. The number of carboxylic acids is 1. The van der Waals surface area contributed by atoms with Crippen LogP contribution in [0.1, 0.15) is 17.5 Å². The van der Waals surface area contributed by atoms with Gasteiger partial charge in [-0.1, -0.05) is 41.4 Å². The Morgan fingerprint density at radius 2 is 1.79 bits per heavy atom. The highest BCUT2D eigenvalue weighted by Crippen LogP contribution is 2.26. The lowest BCUT2D eigenvalue weighted by Gasteiger charge is -2.12. The van der Waals surface area contributed by atoms with Crippen LogP contribution in [0.25, 0.3) is 0 Å². The van der Waals surface area contributed by atoms with Crippen molar-refractivity contribution < 1.29 is 14.6 Å². The topological polar surface area (TPSA) is 46.5 Å². The first-order chi connectivity index (χ1) is 11.5. The molecule has 3 nitrogen and oxygen atoms in total. The van der Waals surface area contributed by atoms with Gasteiger partial charge < -0.3 is 9.84 Å². The maximum Gasteiger partial charge on any atom is 0.317 e. The van der Waals surface area contributed by atoms with E-state index in [9.17, 15) is 9.90 Å². The minimum atomic E-state index is -0.804. The van der Waals surface area contributed by atoms with Gasteiger partial charge in [0.05, 0.1) is 6.61 Å². The molecule has 0 spiro atoms. The highest BCUT2D eigenvalue weighted by Gasteiger charge is 2.18. The molecule has 1 atom stereocenters. The van der Waals surface area contributed by atoms with Crippen molar-refractivity contribution >= 4 is 29.3 Å². The molecule has 1 unspecified atom stereocenters. The molecule has 0 aliphatic heterocycles. The van der Waals surface area contributed by atoms with E-state index in [-0.39, 0.29) is 0 Å².